The topological polar surface area (TPSA) is 23.5 Å². The summed E-state index contributed by atoms with van der Waals surface area (Å²) in [7, 11) is 4.36. The average Bonchev–Trinajstić information content (AvgIpc) is 2.67. The molecule has 1 fully saturated rings. The van der Waals surface area contributed by atoms with Gasteiger partial charge >= 0.3 is 0 Å². The van der Waals surface area contributed by atoms with Gasteiger partial charge in [-0.25, -0.2) is 0 Å². The Morgan fingerprint density at radius 1 is 1.29 bits per heavy atom. The van der Waals surface area contributed by atoms with Gasteiger partial charge in [0, 0.05) is 6.04 Å². The Labute approximate surface area is 134 Å². The van der Waals surface area contributed by atoms with E-state index in [1.807, 2.05) is 12.1 Å². The minimum Gasteiger partial charge on any atom is -0.508 e. The summed E-state index contributed by atoms with van der Waals surface area (Å²) >= 11 is 0. The Morgan fingerprint density at radius 3 is 2.67 bits per heavy atom. The van der Waals surface area contributed by atoms with Crippen molar-refractivity contribution in [3.63, 3.8) is 0 Å². The van der Waals surface area contributed by atoms with Gasteiger partial charge < -0.3 is 10.0 Å². The fourth-order valence-corrected chi connectivity index (χ4v) is 4.29. The maximum atomic E-state index is 9.86. The molecule has 3 heteroatoms. The fourth-order valence-electron chi connectivity index (χ4n) is 4.29. The van der Waals surface area contributed by atoms with E-state index in [2.05, 4.69) is 38.9 Å². The Hall–Kier alpha value is -0.990. The number of allylic oxidation sites excluding steroid dienone is 1. The number of aromatic hydroxyl groups is 1. The molecule has 3 rings (SSSR count). The summed E-state index contributed by atoms with van der Waals surface area (Å²) in [6.45, 7) is 4.53. The first-order valence-electron chi connectivity index (χ1n) is 7.59. The molecule has 0 spiro atoms. The van der Waals surface area contributed by atoms with Crippen LogP contribution < -0.4 is 0 Å². The van der Waals surface area contributed by atoms with Gasteiger partial charge in [-0.05, 0) is 80.4 Å². The lowest BCUT2D eigenvalue weighted by Gasteiger charge is -2.38. The van der Waals surface area contributed by atoms with Crippen molar-refractivity contribution in [2.24, 2.45) is 11.3 Å². The second kappa shape index (κ2) is 5.66. The number of halogens is 1. The van der Waals surface area contributed by atoms with Gasteiger partial charge in [-0.15, -0.1) is 12.4 Å². The zero-order valence-corrected chi connectivity index (χ0v) is 14.2. The maximum absolute atomic E-state index is 9.86. The van der Waals surface area contributed by atoms with Crippen molar-refractivity contribution in [2.75, 3.05) is 14.1 Å². The Morgan fingerprint density at radius 2 is 2.00 bits per heavy atom. The summed E-state index contributed by atoms with van der Waals surface area (Å²) < 4.78 is 0. The minimum atomic E-state index is 0. The van der Waals surface area contributed by atoms with Gasteiger partial charge in [0.2, 0.25) is 0 Å². The second-order valence-corrected chi connectivity index (χ2v) is 7.16. The highest BCUT2D eigenvalue weighted by molar-refractivity contribution is 5.85. The number of rotatable bonds is 2. The first kappa shape index (κ1) is 16.4. The van der Waals surface area contributed by atoms with Crippen LogP contribution in [0, 0.1) is 18.3 Å². The first-order chi connectivity index (χ1) is 9.39. The SMILES string of the molecule is Cc1ccc(O)cc1C1=CC2(C)CCC(C2)C1N(C)C.Cl. The summed E-state index contributed by atoms with van der Waals surface area (Å²) in [5, 5.41) is 9.86. The van der Waals surface area contributed by atoms with E-state index in [-0.39, 0.29) is 12.4 Å². The number of benzene rings is 1. The smallest absolute Gasteiger partial charge is 0.116 e. The van der Waals surface area contributed by atoms with Gasteiger partial charge in [-0.3, -0.25) is 0 Å². The maximum Gasteiger partial charge on any atom is 0.116 e. The molecule has 21 heavy (non-hydrogen) atoms. The van der Waals surface area contributed by atoms with Crippen LogP contribution in [0.4, 0.5) is 0 Å². The first-order valence-corrected chi connectivity index (χ1v) is 7.59. The Bertz CT molecular complexity index is 566. The summed E-state index contributed by atoms with van der Waals surface area (Å²) in [5.41, 5.74) is 4.25. The van der Waals surface area contributed by atoms with Gasteiger partial charge in [-0.1, -0.05) is 19.1 Å². The van der Waals surface area contributed by atoms with E-state index >= 15 is 0 Å². The Balaban J connectivity index is 0.00000161. The van der Waals surface area contributed by atoms with Crippen LogP contribution in [0.3, 0.4) is 0 Å². The normalized spacial score (nSPS) is 31.0. The molecule has 3 unspecified atom stereocenters. The molecule has 0 heterocycles. The number of fused-ring (bicyclic) bond motifs is 2. The molecule has 2 aliphatic carbocycles. The van der Waals surface area contributed by atoms with Crippen molar-refractivity contribution < 1.29 is 5.11 Å². The quantitative estimate of drug-likeness (QED) is 0.882. The van der Waals surface area contributed by atoms with Crippen molar-refractivity contribution in [3.8, 4) is 5.75 Å². The molecule has 1 N–H and O–H groups in total. The molecule has 3 atom stereocenters. The fraction of sp³-hybridized carbons (Fsp3) is 0.556. The summed E-state index contributed by atoms with van der Waals surface area (Å²) in [6.07, 6.45) is 6.40. The third-order valence-corrected chi connectivity index (χ3v) is 5.17. The number of phenolic OH excluding ortho intramolecular Hbond substituents is 1. The van der Waals surface area contributed by atoms with Crippen LogP contribution in [-0.2, 0) is 0 Å². The number of likely N-dealkylation sites (N-methyl/N-ethyl adjacent to an activating group) is 1. The summed E-state index contributed by atoms with van der Waals surface area (Å²) in [4.78, 5) is 2.35. The van der Waals surface area contributed by atoms with Crippen LogP contribution in [0.2, 0.25) is 0 Å². The minimum absolute atomic E-state index is 0. The van der Waals surface area contributed by atoms with Gasteiger partial charge in [0.25, 0.3) is 0 Å². The van der Waals surface area contributed by atoms with E-state index in [4.69, 9.17) is 0 Å². The lowest BCUT2D eigenvalue weighted by molar-refractivity contribution is 0.243. The van der Waals surface area contributed by atoms with Gasteiger partial charge in [0.05, 0.1) is 0 Å². The molecule has 0 amide bonds. The van der Waals surface area contributed by atoms with E-state index in [1.165, 1.54) is 36.0 Å². The highest BCUT2D eigenvalue weighted by Gasteiger charge is 2.44. The number of aryl methyl sites for hydroxylation is 1. The predicted octanol–water partition coefficient (Wildman–Crippen LogP) is 4.26. The zero-order chi connectivity index (χ0) is 14.5. The number of hydrogen-bond acceptors (Lipinski definition) is 2. The highest BCUT2D eigenvalue weighted by atomic mass is 35.5. The number of nitrogens with zero attached hydrogens (tertiary/aromatic N) is 1. The van der Waals surface area contributed by atoms with Crippen LogP contribution in [0.5, 0.6) is 5.75 Å². The molecule has 0 aromatic heterocycles. The second-order valence-electron chi connectivity index (χ2n) is 7.16. The molecule has 116 valence electrons. The zero-order valence-electron chi connectivity index (χ0n) is 13.4. The van der Waals surface area contributed by atoms with E-state index in [0.29, 0.717) is 17.2 Å². The van der Waals surface area contributed by atoms with Crippen LogP contribution in [0.25, 0.3) is 5.57 Å². The van der Waals surface area contributed by atoms with Crippen molar-refractivity contribution in [1.29, 1.82) is 0 Å². The van der Waals surface area contributed by atoms with E-state index in [1.54, 1.807) is 6.07 Å². The van der Waals surface area contributed by atoms with Crippen molar-refractivity contribution in [2.45, 2.75) is 39.2 Å². The summed E-state index contributed by atoms with van der Waals surface area (Å²) in [5.74, 6) is 1.11. The molecule has 2 nitrogen and oxygen atoms in total. The van der Waals surface area contributed by atoms with Crippen LogP contribution in [0.15, 0.2) is 24.3 Å². The molecule has 0 aliphatic heterocycles. The lowest BCUT2D eigenvalue weighted by Crippen LogP contribution is -2.38. The predicted molar refractivity (Wildman–Crippen MR) is 91.0 cm³/mol. The van der Waals surface area contributed by atoms with Gasteiger partial charge in [0.1, 0.15) is 5.75 Å². The average molecular weight is 308 g/mol. The van der Waals surface area contributed by atoms with Crippen LogP contribution in [-0.4, -0.2) is 30.1 Å². The molecule has 2 aliphatic rings. The van der Waals surface area contributed by atoms with Crippen molar-refractivity contribution in [3.05, 3.63) is 35.4 Å². The molecule has 0 saturated heterocycles. The highest BCUT2D eigenvalue weighted by Crippen LogP contribution is 2.53. The van der Waals surface area contributed by atoms with Crippen LogP contribution >= 0.6 is 12.4 Å². The molecule has 1 aromatic carbocycles. The molecule has 1 aromatic rings. The molecular weight excluding hydrogens is 282 g/mol. The van der Waals surface area contributed by atoms with Gasteiger partial charge in [-0.2, -0.15) is 0 Å². The number of phenols is 1. The van der Waals surface area contributed by atoms with E-state index in [9.17, 15) is 5.11 Å². The van der Waals surface area contributed by atoms with Crippen LogP contribution in [0.1, 0.15) is 37.3 Å². The largest absolute Gasteiger partial charge is 0.508 e. The monoisotopic (exact) mass is 307 g/mol. The van der Waals surface area contributed by atoms with E-state index < -0.39 is 0 Å². The van der Waals surface area contributed by atoms with Gasteiger partial charge in [0.15, 0.2) is 0 Å². The molecule has 2 bridgehead atoms. The molecule has 1 saturated carbocycles. The molecular formula is C18H26ClNO. The standard InChI is InChI=1S/C18H25NO.ClH/c1-12-5-6-14(20)9-15(12)16-11-18(2)8-7-13(10-18)17(16)19(3)4;/h5-6,9,11,13,17,20H,7-8,10H2,1-4H3;1H. The Kier molecular flexibility index (Phi) is 4.41. The molecule has 0 radical (unpaired) electrons. The van der Waals surface area contributed by atoms with E-state index in [0.717, 1.165) is 5.92 Å². The number of hydrogen-bond donors (Lipinski definition) is 1. The lowest BCUT2D eigenvalue weighted by atomic mass is 9.74. The summed E-state index contributed by atoms with van der Waals surface area (Å²) in [6, 6.07) is 6.22. The third kappa shape index (κ3) is 2.84. The third-order valence-electron chi connectivity index (χ3n) is 5.17. The van der Waals surface area contributed by atoms with Crippen molar-refractivity contribution in [1.82, 2.24) is 4.90 Å². The van der Waals surface area contributed by atoms with Crippen molar-refractivity contribution >= 4 is 18.0 Å².